The number of carbonyl (C=O) groups excluding carboxylic acids is 1. The number of nitrogens with zero attached hydrogens (tertiary/aromatic N) is 1. The second-order valence-corrected chi connectivity index (χ2v) is 8.61. The number of Topliss-reactive ketones (excluding diaryl/α,β-unsaturated/α-hetero) is 1. The Morgan fingerprint density at radius 3 is 2.67 bits per heavy atom. The lowest BCUT2D eigenvalue weighted by atomic mass is 9.78. The highest BCUT2D eigenvalue weighted by molar-refractivity contribution is 6.32. The van der Waals surface area contributed by atoms with E-state index >= 15 is 0 Å². The first-order valence-electron chi connectivity index (χ1n) is 9.69. The minimum Gasteiger partial charge on any atom is -0.480 e. The molecular weight excluding hydrogens is 404 g/mol. The third-order valence-corrected chi connectivity index (χ3v) is 5.48. The highest BCUT2D eigenvalue weighted by Gasteiger charge is 2.37. The summed E-state index contributed by atoms with van der Waals surface area (Å²) in [5.74, 6) is -0.287. The van der Waals surface area contributed by atoms with Gasteiger partial charge in [0, 0.05) is 17.5 Å². The summed E-state index contributed by atoms with van der Waals surface area (Å²) in [5.41, 5.74) is 0.481. The largest absolute Gasteiger partial charge is 0.480 e. The lowest BCUT2D eigenvalue weighted by Crippen LogP contribution is -2.55. The van der Waals surface area contributed by atoms with E-state index < -0.39 is 12.0 Å². The fourth-order valence-electron chi connectivity index (χ4n) is 3.95. The highest BCUT2D eigenvalue weighted by atomic mass is 35.5. The maximum absolute atomic E-state index is 12.8. The zero-order valence-electron chi connectivity index (χ0n) is 16.8. The average Bonchev–Trinajstić information content (AvgIpc) is 2.68. The second-order valence-electron chi connectivity index (χ2n) is 8.21. The van der Waals surface area contributed by atoms with Crippen LogP contribution in [0.3, 0.4) is 0 Å². The van der Waals surface area contributed by atoms with Crippen LogP contribution in [-0.2, 0) is 4.79 Å². The van der Waals surface area contributed by atoms with Gasteiger partial charge in [-0.25, -0.2) is 0 Å². The molecule has 1 saturated heterocycles. The van der Waals surface area contributed by atoms with Crippen LogP contribution in [0.2, 0.25) is 5.02 Å². The fourth-order valence-corrected chi connectivity index (χ4v) is 4.17. The van der Waals surface area contributed by atoms with Crippen LogP contribution in [0, 0.1) is 17.2 Å². The van der Waals surface area contributed by atoms with Crippen LogP contribution in [-0.4, -0.2) is 28.4 Å². The Kier molecular flexibility index (Phi) is 6.45. The van der Waals surface area contributed by atoms with Gasteiger partial charge in [-0.3, -0.25) is 14.9 Å². The van der Waals surface area contributed by atoms with Crippen LogP contribution in [0.1, 0.15) is 49.0 Å². The first-order valence-corrected chi connectivity index (χ1v) is 10.1. The minimum atomic E-state index is -0.901. The Bertz CT molecular complexity index is 1010. The lowest BCUT2D eigenvalue weighted by Gasteiger charge is -2.39. The van der Waals surface area contributed by atoms with Crippen LogP contribution < -0.4 is 10.1 Å². The van der Waals surface area contributed by atoms with E-state index in [9.17, 15) is 20.0 Å². The number of benzene rings is 2. The Morgan fingerprint density at radius 2 is 2.00 bits per heavy atom. The van der Waals surface area contributed by atoms with Crippen molar-refractivity contribution in [3.05, 3.63) is 58.6 Å². The molecule has 0 aromatic heterocycles. The van der Waals surface area contributed by atoms with Gasteiger partial charge in [0.25, 0.3) is 0 Å². The molecule has 2 aromatic carbocycles. The molecule has 2 unspecified atom stereocenters. The Labute approximate surface area is 180 Å². The Balaban J connectivity index is 1.72. The molecule has 156 valence electrons. The maximum Gasteiger partial charge on any atom is 0.320 e. The van der Waals surface area contributed by atoms with Gasteiger partial charge in [0.1, 0.15) is 23.6 Å². The van der Waals surface area contributed by atoms with Gasteiger partial charge in [0.15, 0.2) is 5.78 Å². The van der Waals surface area contributed by atoms with E-state index in [0.29, 0.717) is 35.5 Å². The van der Waals surface area contributed by atoms with Gasteiger partial charge in [0.05, 0.1) is 10.6 Å². The van der Waals surface area contributed by atoms with Gasteiger partial charge in [-0.1, -0.05) is 23.7 Å². The molecule has 0 radical (unpaired) electrons. The Morgan fingerprint density at radius 1 is 1.27 bits per heavy atom. The smallest absolute Gasteiger partial charge is 0.320 e. The molecule has 2 atom stereocenters. The van der Waals surface area contributed by atoms with Gasteiger partial charge in [0.2, 0.25) is 0 Å². The fraction of sp³-hybridized carbons (Fsp3) is 0.348. The lowest BCUT2D eigenvalue weighted by molar-refractivity contribution is -0.141. The molecule has 0 bridgehead atoms. The average molecular weight is 427 g/mol. The predicted octanol–water partition coefficient (Wildman–Crippen LogP) is 4.81. The predicted molar refractivity (Wildman–Crippen MR) is 113 cm³/mol. The topological polar surface area (TPSA) is 99.4 Å². The zero-order valence-corrected chi connectivity index (χ0v) is 17.6. The molecule has 1 heterocycles. The summed E-state index contributed by atoms with van der Waals surface area (Å²) in [6.45, 7) is 3.89. The van der Waals surface area contributed by atoms with E-state index in [-0.39, 0.29) is 28.7 Å². The second kappa shape index (κ2) is 8.86. The van der Waals surface area contributed by atoms with E-state index in [2.05, 4.69) is 11.4 Å². The highest BCUT2D eigenvalue weighted by Crippen LogP contribution is 2.34. The van der Waals surface area contributed by atoms with Crippen molar-refractivity contribution in [2.24, 2.45) is 5.92 Å². The molecule has 2 aromatic rings. The minimum absolute atomic E-state index is 0.0351. The Hall–Kier alpha value is -2.88. The van der Waals surface area contributed by atoms with Crippen molar-refractivity contribution in [3.63, 3.8) is 0 Å². The van der Waals surface area contributed by atoms with Gasteiger partial charge < -0.3 is 9.84 Å². The molecule has 3 rings (SSSR count). The summed E-state index contributed by atoms with van der Waals surface area (Å²) in [5, 5.41) is 21.9. The molecule has 30 heavy (non-hydrogen) atoms. The summed E-state index contributed by atoms with van der Waals surface area (Å²) in [6, 6.07) is 13.0. The number of aliphatic carboxylic acids is 1. The molecule has 1 aliphatic rings. The summed E-state index contributed by atoms with van der Waals surface area (Å²) in [4.78, 5) is 24.2. The third kappa shape index (κ3) is 5.18. The van der Waals surface area contributed by atoms with Crippen molar-refractivity contribution in [1.29, 1.82) is 5.26 Å². The molecule has 0 amide bonds. The van der Waals surface area contributed by atoms with Gasteiger partial charge in [-0.15, -0.1) is 0 Å². The number of nitriles is 1. The van der Waals surface area contributed by atoms with Gasteiger partial charge in [-0.2, -0.15) is 5.26 Å². The van der Waals surface area contributed by atoms with Gasteiger partial charge >= 0.3 is 5.97 Å². The number of carboxylic acids is 1. The van der Waals surface area contributed by atoms with Crippen LogP contribution >= 0.6 is 11.6 Å². The van der Waals surface area contributed by atoms with Crippen LogP contribution in [0.5, 0.6) is 11.5 Å². The number of halogens is 1. The van der Waals surface area contributed by atoms with E-state index in [1.165, 1.54) is 0 Å². The van der Waals surface area contributed by atoms with Crippen molar-refractivity contribution in [1.82, 2.24) is 5.32 Å². The number of para-hydroxylation sites is 1. The molecule has 1 fully saturated rings. The van der Waals surface area contributed by atoms with E-state index in [4.69, 9.17) is 16.3 Å². The molecular formula is C23H23ClN2O4. The van der Waals surface area contributed by atoms with Crippen LogP contribution in [0.15, 0.2) is 42.5 Å². The zero-order chi connectivity index (χ0) is 21.9. The number of nitrogens with one attached hydrogen (secondary N) is 1. The van der Waals surface area contributed by atoms with Crippen molar-refractivity contribution < 1.29 is 19.4 Å². The van der Waals surface area contributed by atoms with Gasteiger partial charge in [-0.05, 0) is 62.9 Å². The number of carbonyl (C=O) groups is 2. The molecule has 0 saturated carbocycles. The van der Waals surface area contributed by atoms with Crippen molar-refractivity contribution >= 4 is 23.4 Å². The van der Waals surface area contributed by atoms with E-state index in [1.807, 2.05) is 13.8 Å². The third-order valence-electron chi connectivity index (χ3n) is 5.19. The van der Waals surface area contributed by atoms with Crippen molar-refractivity contribution in [2.45, 2.75) is 44.7 Å². The number of hydrogen-bond donors (Lipinski definition) is 2. The molecule has 1 aliphatic heterocycles. The number of ether oxygens (including phenoxy) is 1. The summed E-state index contributed by atoms with van der Waals surface area (Å²) in [7, 11) is 0. The number of carboxylic acid groups (broad SMARTS) is 1. The number of hydrogen-bond acceptors (Lipinski definition) is 5. The first-order chi connectivity index (χ1) is 14.2. The van der Waals surface area contributed by atoms with Crippen LogP contribution in [0.4, 0.5) is 0 Å². The van der Waals surface area contributed by atoms with Crippen molar-refractivity contribution in [2.75, 3.05) is 0 Å². The molecule has 0 aliphatic carbocycles. The standard InChI is InChI=1S/C23H23ClN2O4/c1-23(2)12-14(9-18(26-23)22(28)29)10-19(27)15-7-8-21(17(24)11-15)30-20-6-4-3-5-16(20)13-25/h3-8,11,14,18,26H,9-10,12H2,1-2H3,(H,28,29). The summed E-state index contributed by atoms with van der Waals surface area (Å²) < 4.78 is 5.74. The molecule has 0 spiro atoms. The number of ketones is 1. The van der Waals surface area contributed by atoms with E-state index in [1.54, 1.807) is 42.5 Å². The number of piperidine rings is 1. The van der Waals surface area contributed by atoms with E-state index in [0.717, 1.165) is 0 Å². The summed E-state index contributed by atoms with van der Waals surface area (Å²) in [6.07, 6.45) is 1.37. The SMILES string of the molecule is CC1(C)CC(CC(=O)c2ccc(Oc3ccccc3C#N)c(Cl)c2)CC(C(=O)O)N1. The normalized spacial score (nSPS) is 20.2. The first kappa shape index (κ1) is 21.8. The molecule has 7 heteroatoms. The van der Waals surface area contributed by atoms with Crippen LogP contribution in [0.25, 0.3) is 0 Å². The summed E-state index contributed by atoms with van der Waals surface area (Å²) >= 11 is 6.32. The molecule has 2 N–H and O–H groups in total. The monoisotopic (exact) mass is 426 g/mol. The molecule has 6 nitrogen and oxygen atoms in total. The number of rotatable bonds is 6. The van der Waals surface area contributed by atoms with Crippen molar-refractivity contribution in [3.8, 4) is 17.6 Å². The quantitative estimate of drug-likeness (QED) is 0.643. The maximum atomic E-state index is 12.8.